The van der Waals surface area contributed by atoms with Gasteiger partial charge in [-0.05, 0) is 37.0 Å². The minimum atomic E-state index is 0.0945. The van der Waals surface area contributed by atoms with Crippen molar-refractivity contribution >= 4 is 28.9 Å². The average molecular weight is 388 g/mol. The first-order valence-corrected chi connectivity index (χ1v) is 10.5. The standard InChI is InChI=1S/C19H21N3O2S2/c1-4-13-6-7-14(5-2)16(8-13)17(23)11-26-19-22-21-18(24-19)9-15-10-25-12(3)20-15/h6-8,10H,4-5,9,11H2,1-3H3. The van der Waals surface area contributed by atoms with E-state index >= 15 is 0 Å². The highest BCUT2D eigenvalue weighted by Gasteiger charge is 2.15. The molecule has 0 bridgehead atoms. The molecule has 7 heteroatoms. The molecule has 26 heavy (non-hydrogen) atoms. The fourth-order valence-corrected chi connectivity index (χ4v) is 3.91. The molecule has 0 saturated carbocycles. The monoisotopic (exact) mass is 387 g/mol. The van der Waals surface area contributed by atoms with Gasteiger partial charge in [-0.2, -0.15) is 0 Å². The van der Waals surface area contributed by atoms with Gasteiger partial charge in [0.1, 0.15) is 0 Å². The highest BCUT2D eigenvalue weighted by atomic mass is 32.2. The molecule has 3 aromatic rings. The molecule has 0 aliphatic carbocycles. The number of Topliss-reactive ketones (excluding diaryl/α,β-unsaturated/α-hetero) is 1. The number of hydrogen-bond acceptors (Lipinski definition) is 7. The minimum Gasteiger partial charge on any atom is -0.416 e. The van der Waals surface area contributed by atoms with Gasteiger partial charge >= 0.3 is 0 Å². The van der Waals surface area contributed by atoms with Crippen molar-refractivity contribution in [2.75, 3.05) is 5.75 Å². The first-order chi connectivity index (χ1) is 12.6. The molecular weight excluding hydrogens is 366 g/mol. The van der Waals surface area contributed by atoms with E-state index in [-0.39, 0.29) is 11.5 Å². The molecule has 0 radical (unpaired) electrons. The summed E-state index contributed by atoms with van der Waals surface area (Å²) in [6.07, 6.45) is 2.28. The van der Waals surface area contributed by atoms with Crippen LogP contribution in [-0.4, -0.2) is 26.7 Å². The summed E-state index contributed by atoms with van der Waals surface area (Å²) >= 11 is 2.88. The number of nitrogens with zero attached hydrogens (tertiary/aromatic N) is 3. The Hall–Kier alpha value is -1.99. The van der Waals surface area contributed by atoms with E-state index in [1.165, 1.54) is 17.3 Å². The highest BCUT2D eigenvalue weighted by molar-refractivity contribution is 7.99. The smallest absolute Gasteiger partial charge is 0.277 e. The van der Waals surface area contributed by atoms with E-state index in [0.717, 1.165) is 34.7 Å². The number of carbonyl (C=O) groups excluding carboxylic acids is 1. The van der Waals surface area contributed by atoms with Crippen LogP contribution < -0.4 is 0 Å². The maximum atomic E-state index is 12.6. The fourth-order valence-electron chi connectivity index (χ4n) is 2.63. The van der Waals surface area contributed by atoms with Crippen LogP contribution in [0.2, 0.25) is 0 Å². The fraction of sp³-hybridized carbons (Fsp3) is 0.368. The number of rotatable bonds is 8. The summed E-state index contributed by atoms with van der Waals surface area (Å²) in [7, 11) is 0. The molecule has 2 aromatic heterocycles. The molecule has 0 spiro atoms. The second-order valence-corrected chi connectivity index (χ2v) is 7.90. The molecule has 0 aliphatic rings. The summed E-state index contributed by atoms with van der Waals surface area (Å²) in [6.45, 7) is 6.12. The summed E-state index contributed by atoms with van der Waals surface area (Å²) in [5.41, 5.74) is 3.98. The van der Waals surface area contributed by atoms with E-state index in [9.17, 15) is 4.79 Å². The van der Waals surface area contributed by atoms with Crippen LogP contribution in [-0.2, 0) is 19.3 Å². The van der Waals surface area contributed by atoms with Crippen LogP contribution in [0.5, 0.6) is 0 Å². The molecule has 0 N–H and O–H groups in total. The lowest BCUT2D eigenvalue weighted by molar-refractivity contribution is 0.102. The zero-order valence-corrected chi connectivity index (χ0v) is 16.7. The quantitative estimate of drug-likeness (QED) is 0.418. The summed E-state index contributed by atoms with van der Waals surface area (Å²) in [4.78, 5) is 17.0. The molecular formula is C19H21N3O2S2. The molecule has 5 nitrogen and oxygen atoms in total. The Balaban J connectivity index is 1.63. The second kappa shape index (κ2) is 8.60. The van der Waals surface area contributed by atoms with Crippen molar-refractivity contribution in [1.29, 1.82) is 0 Å². The van der Waals surface area contributed by atoms with Crippen LogP contribution >= 0.6 is 23.1 Å². The summed E-state index contributed by atoms with van der Waals surface area (Å²) < 4.78 is 5.64. The predicted octanol–water partition coefficient (Wildman–Crippen LogP) is 4.53. The van der Waals surface area contributed by atoms with Crippen molar-refractivity contribution in [1.82, 2.24) is 15.2 Å². The maximum Gasteiger partial charge on any atom is 0.277 e. The molecule has 0 unspecified atom stereocenters. The second-order valence-electron chi connectivity index (χ2n) is 5.91. The lowest BCUT2D eigenvalue weighted by Crippen LogP contribution is -2.07. The molecule has 2 heterocycles. The first-order valence-electron chi connectivity index (χ1n) is 8.60. The molecule has 0 amide bonds. The van der Waals surface area contributed by atoms with Gasteiger partial charge < -0.3 is 4.42 Å². The van der Waals surface area contributed by atoms with Gasteiger partial charge in [-0.3, -0.25) is 4.79 Å². The van der Waals surface area contributed by atoms with E-state index in [0.29, 0.717) is 17.5 Å². The Morgan fingerprint density at radius 1 is 1.23 bits per heavy atom. The number of aryl methyl sites for hydroxylation is 3. The van der Waals surface area contributed by atoms with Gasteiger partial charge in [0.25, 0.3) is 5.22 Å². The van der Waals surface area contributed by atoms with Crippen molar-refractivity contribution in [2.45, 2.75) is 45.3 Å². The van der Waals surface area contributed by atoms with Gasteiger partial charge in [0.15, 0.2) is 5.78 Å². The molecule has 0 saturated heterocycles. The van der Waals surface area contributed by atoms with Crippen LogP contribution in [0.25, 0.3) is 0 Å². The third-order valence-corrected chi connectivity index (χ3v) is 5.68. The zero-order chi connectivity index (χ0) is 18.5. The Kier molecular flexibility index (Phi) is 6.21. The van der Waals surface area contributed by atoms with E-state index < -0.39 is 0 Å². The maximum absolute atomic E-state index is 12.6. The zero-order valence-electron chi connectivity index (χ0n) is 15.1. The van der Waals surface area contributed by atoms with Gasteiger partial charge in [-0.25, -0.2) is 4.98 Å². The van der Waals surface area contributed by atoms with Crippen molar-refractivity contribution in [3.05, 3.63) is 56.9 Å². The Labute approximate surface area is 161 Å². The van der Waals surface area contributed by atoms with Crippen molar-refractivity contribution in [3.8, 4) is 0 Å². The van der Waals surface area contributed by atoms with Crippen LogP contribution in [0, 0.1) is 6.92 Å². The third-order valence-electron chi connectivity index (χ3n) is 4.04. The normalized spacial score (nSPS) is 11.0. The Morgan fingerprint density at radius 3 is 2.77 bits per heavy atom. The van der Waals surface area contributed by atoms with Gasteiger partial charge in [0, 0.05) is 10.9 Å². The van der Waals surface area contributed by atoms with Crippen LogP contribution in [0.4, 0.5) is 0 Å². The molecule has 0 fully saturated rings. The number of thioether (sulfide) groups is 1. The molecule has 136 valence electrons. The van der Waals surface area contributed by atoms with Crippen molar-refractivity contribution < 1.29 is 9.21 Å². The van der Waals surface area contributed by atoms with Gasteiger partial charge in [0.05, 0.1) is 22.9 Å². The predicted molar refractivity (Wildman–Crippen MR) is 104 cm³/mol. The topological polar surface area (TPSA) is 68.9 Å². The summed E-state index contributed by atoms with van der Waals surface area (Å²) in [5.74, 6) is 0.905. The number of benzene rings is 1. The van der Waals surface area contributed by atoms with Gasteiger partial charge in [-0.1, -0.05) is 37.7 Å². The molecule has 0 aliphatic heterocycles. The van der Waals surface area contributed by atoms with E-state index in [1.807, 2.05) is 18.4 Å². The molecule has 0 atom stereocenters. The Morgan fingerprint density at radius 2 is 2.08 bits per heavy atom. The number of thiazole rings is 1. The number of ketones is 1. The van der Waals surface area contributed by atoms with E-state index in [4.69, 9.17) is 4.42 Å². The van der Waals surface area contributed by atoms with Crippen molar-refractivity contribution in [3.63, 3.8) is 0 Å². The largest absolute Gasteiger partial charge is 0.416 e. The molecule has 1 aromatic carbocycles. The molecule has 3 rings (SSSR count). The first kappa shape index (κ1) is 18.8. The Bertz CT molecular complexity index is 902. The van der Waals surface area contributed by atoms with Crippen LogP contribution in [0.1, 0.15) is 51.9 Å². The SMILES string of the molecule is CCc1ccc(CC)c(C(=O)CSc2nnc(Cc3csc(C)n3)o2)c1. The van der Waals surface area contributed by atoms with Crippen LogP contribution in [0.3, 0.4) is 0 Å². The number of hydrogen-bond donors (Lipinski definition) is 0. The van der Waals surface area contributed by atoms with Gasteiger partial charge in [0.2, 0.25) is 5.89 Å². The number of aromatic nitrogens is 3. The highest BCUT2D eigenvalue weighted by Crippen LogP contribution is 2.22. The summed E-state index contributed by atoms with van der Waals surface area (Å²) in [6, 6.07) is 6.15. The van der Waals surface area contributed by atoms with E-state index in [2.05, 4.69) is 41.2 Å². The van der Waals surface area contributed by atoms with Crippen LogP contribution in [0.15, 0.2) is 33.2 Å². The average Bonchev–Trinajstić information content (AvgIpc) is 3.28. The number of carbonyl (C=O) groups is 1. The third kappa shape index (κ3) is 4.59. The van der Waals surface area contributed by atoms with Gasteiger partial charge in [-0.15, -0.1) is 21.5 Å². The van der Waals surface area contributed by atoms with E-state index in [1.54, 1.807) is 11.3 Å². The lowest BCUT2D eigenvalue weighted by Gasteiger charge is -2.08. The minimum absolute atomic E-state index is 0.0945. The van der Waals surface area contributed by atoms with Crippen molar-refractivity contribution in [2.24, 2.45) is 0 Å². The summed E-state index contributed by atoms with van der Waals surface area (Å²) in [5, 5.41) is 11.5. The lowest BCUT2D eigenvalue weighted by atomic mass is 9.98.